The molecule has 0 aliphatic heterocycles. The SMILES string of the molecule is c1ccc(-c2nc(-c3ccccc3)nc(-c3ccc(-c4ccc5ccc6c(c5c4)c4ccccc4n6-c4cccc5ccccc45)cc3)n2)cc1. The van der Waals surface area contributed by atoms with E-state index >= 15 is 0 Å². The van der Waals surface area contributed by atoms with Crippen LogP contribution in [0.15, 0.2) is 182 Å². The molecule has 10 rings (SSSR count). The maximum Gasteiger partial charge on any atom is 0.164 e. The maximum absolute atomic E-state index is 4.93. The molecule has 8 aromatic carbocycles. The van der Waals surface area contributed by atoms with Crippen molar-refractivity contribution in [3.05, 3.63) is 182 Å². The molecule has 10 aromatic rings. The Morgan fingerprint density at radius 1 is 0.314 bits per heavy atom. The van der Waals surface area contributed by atoms with Gasteiger partial charge in [0.1, 0.15) is 0 Å². The fraction of sp³-hybridized carbons (Fsp3) is 0. The van der Waals surface area contributed by atoms with E-state index in [1.165, 1.54) is 49.0 Å². The van der Waals surface area contributed by atoms with Crippen LogP contribution in [-0.4, -0.2) is 19.5 Å². The second-order valence-corrected chi connectivity index (χ2v) is 12.9. The van der Waals surface area contributed by atoms with E-state index in [1.807, 2.05) is 60.7 Å². The van der Waals surface area contributed by atoms with Crippen LogP contribution in [0.2, 0.25) is 0 Å². The Morgan fingerprint density at radius 2 is 0.824 bits per heavy atom. The van der Waals surface area contributed by atoms with Gasteiger partial charge in [0, 0.05) is 32.8 Å². The van der Waals surface area contributed by atoms with Crippen LogP contribution >= 0.6 is 0 Å². The van der Waals surface area contributed by atoms with Crippen LogP contribution < -0.4 is 0 Å². The standard InChI is InChI=1S/C47H30N4/c1-3-13-34(14-4-1)45-48-46(35-15-5-2-6-16-35)50-47(49-45)36-25-22-31(23-26-36)37-27-24-33-28-29-43-44(40(33)30-37)39-19-9-10-20-42(39)51(43)41-21-11-17-32-12-7-8-18-38(32)41/h1-30H. The van der Waals surface area contributed by atoms with Gasteiger partial charge >= 0.3 is 0 Å². The molecule has 0 atom stereocenters. The van der Waals surface area contributed by atoms with E-state index in [1.54, 1.807) is 0 Å². The number of hydrogen-bond acceptors (Lipinski definition) is 3. The van der Waals surface area contributed by atoms with Crippen molar-refractivity contribution in [2.75, 3.05) is 0 Å². The molecule has 0 bridgehead atoms. The average molecular weight is 651 g/mol. The molecule has 238 valence electrons. The molecular weight excluding hydrogens is 621 g/mol. The molecule has 2 aromatic heterocycles. The number of aromatic nitrogens is 4. The van der Waals surface area contributed by atoms with Gasteiger partial charge in [0.15, 0.2) is 17.5 Å². The van der Waals surface area contributed by atoms with Crippen molar-refractivity contribution in [2.24, 2.45) is 0 Å². The lowest BCUT2D eigenvalue weighted by molar-refractivity contribution is 1.07. The summed E-state index contributed by atoms with van der Waals surface area (Å²) in [5, 5.41) is 7.44. The van der Waals surface area contributed by atoms with Gasteiger partial charge in [-0.1, -0.05) is 158 Å². The third-order valence-corrected chi connectivity index (χ3v) is 9.84. The number of benzene rings is 8. The molecule has 0 unspecified atom stereocenters. The van der Waals surface area contributed by atoms with E-state index in [0.29, 0.717) is 17.5 Å². The lowest BCUT2D eigenvalue weighted by Gasteiger charge is -2.12. The molecule has 0 aliphatic rings. The Hall–Kier alpha value is -6.91. The Morgan fingerprint density at radius 3 is 1.53 bits per heavy atom. The van der Waals surface area contributed by atoms with Crippen molar-refractivity contribution in [3.8, 4) is 51.0 Å². The highest BCUT2D eigenvalue weighted by atomic mass is 15.0. The molecule has 4 heteroatoms. The van der Waals surface area contributed by atoms with E-state index < -0.39 is 0 Å². The Labute approximate surface area is 295 Å². The molecular formula is C47H30N4. The molecule has 0 radical (unpaired) electrons. The zero-order valence-electron chi connectivity index (χ0n) is 27.6. The summed E-state index contributed by atoms with van der Waals surface area (Å²) < 4.78 is 2.43. The quantitative estimate of drug-likeness (QED) is 0.186. The predicted molar refractivity (Wildman–Crippen MR) is 211 cm³/mol. The van der Waals surface area contributed by atoms with E-state index in [4.69, 9.17) is 15.0 Å². The fourth-order valence-electron chi connectivity index (χ4n) is 7.38. The van der Waals surface area contributed by atoms with E-state index in [9.17, 15) is 0 Å². The molecule has 0 spiro atoms. The van der Waals surface area contributed by atoms with Gasteiger partial charge < -0.3 is 4.57 Å². The Kier molecular flexibility index (Phi) is 6.78. The first-order valence-corrected chi connectivity index (χ1v) is 17.2. The summed E-state index contributed by atoms with van der Waals surface area (Å²) in [6, 6.07) is 64.1. The number of fused-ring (bicyclic) bond motifs is 6. The minimum absolute atomic E-state index is 0.649. The average Bonchev–Trinajstić information content (AvgIpc) is 3.55. The van der Waals surface area contributed by atoms with Gasteiger partial charge in [0.2, 0.25) is 0 Å². The van der Waals surface area contributed by atoms with Crippen LogP contribution in [0.25, 0.3) is 94.3 Å². The predicted octanol–water partition coefficient (Wildman–Crippen LogP) is 11.9. The van der Waals surface area contributed by atoms with Crippen LogP contribution in [0.3, 0.4) is 0 Å². The van der Waals surface area contributed by atoms with Gasteiger partial charge in [-0.05, 0) is 51.6 Å². The highest BCUT2D eigenvalue weighted by Crippen LogP contribution is 2.40. The van der Waals surface area contributed by atoms with Crippen LogP contribution in [0.5, 0.6) is 0 Å². The van der Waals surface area contributed by atoms with Crippen LogP contribution in [-0.2, 0) is 0 Å². The largest absolute Gasteiger partial charge is 0.309 e. The molecule has 0 N–H and O–H groups in total. The van der Waals surface area contributed by atoms with Crippen molar-refractivity contribution >= 4 is 43.4 Å². The third kappa shape index (κ3) is 4.96. The second kappa shape index (κ2) is 11.9. The van der Waals surface area contributed by atoms with E-state index in [0.717, 1.165) is 27.8 Å². The molecule has 0 aliphatic carbocycles. The van der Waals surface area contributed by atoms with Gasteiger partial charge in [-0.25, -0.2) is 15.0 Å². The number of hydrogen-bond donors (Lipinski definition) is 0. The van der Waals surface area contributed by atoms with Crippen molar-refractivity contribution in [1.29, 1.82) is 0 Å². The lowest BCUT2D eigenvalue weighted by atomic mass is 9.97. The zero-order chi connectivity index (χ0) is 33.7. The fourth-order valence-corrected chi connectivity index (χ4v) is 7.38. The highest BCUT2D eigenvalue weighted by molar-refractivity contribution is 6.22. The summed E-state index contributed by atoms with van der Waals surface area (Å²) in [4.78, 5) is 14.7. The third-order valence-electron chi connectivity index (χ3n) is 9.84. The highest BCUT2D eigenvalue weighted by Gasteiger charge is 2.17. The monoisotopic (exact) mass is 650 g/mol. The summed E-state index contributed by atoms with van der Waals surface area (Å²) in [6.07, 6.45) is 0. The second-order valence-electron chi connectivity index (χ2n) is 12.9. The maximum atomic E-state index is 4.93. The van der Waals surface area contributed by atoms with Gasteiger partial charge in [-0.2, -0.15) is 0 Å². The minimum Gasteiger partial charge on any atom is -0.309 e. The first-order chi connectivity index (χ1) is 25.3. The van der Waals surface area contributed by atoms with Gasteiger partial charge in [0.25, 0.3) is 0 Å². The summed E-state index contributed by atoms with van der Waals surface area (Å²) >= 11 is 0. The van der Waals surface area contributed by atoms with Gasteiger partial charge in [-0.3, -0.25) is 0 Å². The summed E-state index contributed by atoms with van der Waals surface area (Å²) in [6.45, 7) is 0. The van der Waals surface area contributed by atoms with Crippen molar-refractivity contribution in [3.63, 3.8) is 0 Å². The Balaban J connectivity index is 1.10. The normalized spacial score (nSPS) is 11.5. The van der Waals surface area contributed by atoms with Gasteiger partial charge in [0.05, 0.1) is 16.7 Å². The smallest absolute Gasteiger partial charge is 0.164 e. The van der Waals surface area contributed by atoms with Crippen LogP contribution in [0, 0.1) is 0 Å². The van der Waals surface area contributed by atoms with Gasteiger partial charge in [-0.15, -0.1) is 0 Å². The lowest BCUT2D eigenvalue weighted by Crippen LogP contribution is -2.00. The van der Waals surface area contributed by atoms with E-state index in [-0.39, 0.29) is 0 Å². The molecule has 0 saturated heterocycles. The van der Waals surface area contributed by atoms with E-state index in [2.05, 4.69) is 126 Å². The first kappa shape index (κ1) is 29.0. The summed E-state index contributed by atoms with van der Waals surface area (Å²) in [5.41, 5.74) is 8.74. The molecule has 0 fully saturated rings. The number of para-hydroxylation sites is 1. The molecule has 51 heavy (non-hydrogen) atoms. The molecule has 4 nitrogen and oxygen atoms in total. The zero-order valence-corrected chi connectivity index (χ0v) is 27.6. The van der Waals surface area contributed by atoms with Crippen molar-refractivity contribution in [1.82, 2.24) is 19.5 Å². The molecule has 2 heterocycles. The number of rotatable bonds is 5. The van der Waals surface area contributed by atoms with Crippen molar-refractivity contribution < 1.29 is 0 Å². The topological polar surface area (TPSA) is 43.6 Å². The number of nitrogens with zero attached hydrogens (tertiary/aromatic N) is 4. The Bertz CT molecular complexity index is 2830. The van der Waals surface area contributed by atoms with Crippen LogP contribution in [0.1, 0.15) is 0 Å². The van der Waals surface area contributed by atoms with Crippen LogP contribution in [0.4, 0.5) is 0 Å². The molecule has 0 amide bonds. The minimum atomic E-state index is 0.649. The molecule has 0 saturated carbocycles. The summed E-state index contributed by atoms with van der Waals surface area (Å²) in [7, 11) is 0. The summed E-state index contributed by atoms with van der Waals surface area (Å²) in [5.74, 6) is 1.96. The van der Waals surface area contributed by atoms with Crippen molar-refractivity contribution in [2.45, 2.75) is 0 Å². The first-order valence-electron chi connectivity index (χ1n) is 17.2.